The van der Waals surface area contributed by atoms with Crippen LogP contribution in [0.5, 0.6) is 0 Å². The predicted octanol–water partition coefficient (Wildman–Crippen LogP) is 0.199. The standard InChI is InChI=1S/C13H23N3O4S/c1-13(2,3)11(5-6-17)15-21(19,20)9-7-10(12(14)18)16(4)8-9/h7-8,11,15,17H,5-6H2,1-4H3,(H2,14,18). The Bertz CT molecular complexity index is 614. The van der Waals surface area contributed by atoms with Crippen molar-refractivity contribution in [3.05, 3.63) is 18.0 Å². The molecule has 1 amide bonds. The highest BCUT2D eigenvalue weighted by Gasteiger charge is 2.30. The van der Waals surface area contributed by atoms with E-state index in [1.807, 2.05) is 20.8 Å². The van der Waals surface area contributed by atoms with Crippen molar-refractivity contribution in [1.29, 1.82) is 0 Å². The number of hydrogen-bond donors (Lipinski definition) is 3. The Labute approximate surface area is 125 Å². The lowest BCUT2D eigenvalue weighted by molar-refractivity contribution is 0.0992. The lowest BCUT2D eigenvalue weighted by Gasteiger charge is -2.30. The number of nitrogens with one attached hydrogen (secondary N) is 1. The zero-order valence-corrected chi connectivity index (χ0v) is 13.6. The van der Waals surface area contributed by atoms with Crippen molar-refractivity contribution in [2.24, 2.45) is 18.2 Å². The molecule has 0 saturated carbocycles. The maximum absolute atomic E-state index is 12.4. The molecule has 0 aromatic carbocycles. The summed E-state index contributed by atoms with van der Waals surface area (Å²) in [6, 6.07) is 0.813. The molecule has 120 valence electrons. The summed E-state index contributed by atoms with van der Waals surface area (Å²) >= 11 is 0. The third-order valence-electron chi connectivity index (χ3n) is 3.30. The number of amides is 1. The fourth-order valence-electron chi connectivity index (χ4n) is 1.98. The third-order valence-corrected chi connectivity index (χ3v) is 4.74. The number of aryl methyl sites for hydroxylation is 1. The predicted molar refractivity (Wildman–Crippen MR) is 79.2 cm³/mol. The number of hydrogen-bond acceptors (Lipinski definition) is 4. The highest BCUT2D eigenvalue weighted by atomic mass is 32.2. The van der Waals surface area contributed by atoms with E-state index in [4.69, 9.17) is 10.8 Å². The molecule has 0 bridgehead atoms. The molecule has 0 aliphatic heterocycles. The third kappa shape index (κ3) is 4.29. The van der Waals surface area contributed by atoms with Crippen LogP contribution in [-0.4, -0.2) is 36.6 Å². The SMILES string of the molecule is Cn1cc(S(=O)(=O)NC(CCO)C(C)(C)C)cc1C(N)=O. The van der Waals surface area contributed by atoms with Crippen molar-refractivity contribution in [3.63, 3.8) is 0 Å². The van der Waals surface area contributed by atoms with E-state index in [1.54, 1.807) is 7.05 Å². The summed E-state index contributed by atoms with van der Waals surface area (Å²) in [4.78, 5) is 11.2. The van der Waals surface area contributed by atoms with Gasteiger partial charge >= 0.3 is 0 Å². The molecule has 1 aromatic rings. The molecule has 7 nitrogen and oxygen atoms in total. The molecule has 1 unspecified atom stereocenters. The van der Waals surface area contributed by atoms with Crippen molar-refractivity contribution in [1.82, 2.24) is 9.29 Å². The van der Waals surface area contributed by atoms with Gasteiger partial charge in [0, 0.05) is 25.9 Å². The van der Waals surface area contributed by atoms with Crippen LogP contribution in [0.2, 0.25) is 0 Å². The van der Waals surface area contributed by atoms with Crippen LogP contribution in [0, 0.1) is 5.41 Å². The number of primary amides is 1. The number of sulfonamides is 1. The quantitative estimate of drug-likeness (QED) is 0.695. The smallest absolute Gasteiger partial charge is 0.265 e. The Kier molecular flexibility index (Phi) is 5.19. The Balaban J connectivity index is 3.11. The largest absolute Gasteiger partial charge is 0.396 e. The lowest BCUT2D eigenvalue weighted by atomic mass is 9.86. The number of carbonyl (C=O) groups excluding carboxylic acids is 1. The molecule has 0 radical (unpaired) electrons. The van der Waals surface area contributed by atoms with E-state index in [0.717, 1.165) is 0 Å². The van der Waals surface area contributed by atoms with E-state index < -0.39 is 22.0 Å². The number of aromatic nitrogens is 1. The van der Waals surface area contributed by atoms with Crippen LogP contribution in [0.3, 0.4) is 0 Å². The highest BCUT2D eigenvalue weighted by molar-refractivity contribution is 7.89. The van der Waals surface area contributed by atoms with Gasteiger partial charge in [0.05, 0.1) is 0 Å². The summed E-state index contributed by atoms with van der Waals surface area (Å²) in [5, 5.41) is 9.09. The number of aliphatic hydroxyl groups is 1. The van der Waals surface area contributed by atoms with E-state index in [9.17, 15) is 13.2 Å². The molecule has 1 aromatic heterocycles. The molecule has 1 atom stereocenters. The van der Waals surface area contributed by atoms with Crippen LogP contribution in [0.15, 0.2) is 17.2 Å². The minimum absolute atomic E-state index is 0.0222. The second-order valence-electron chi connectivity index (χ2n) is 6.09. The van der Waals surface area contributed by atoms with Crippen LogP contribution in [0.1, 0.15) is 37.7 Å². The fourth-order valence-corrected chi connectivity index (χ4v) is 3.53. The molecular formula is C13H23N3O4S. The molecule has 0 fully saturated rings. The first-order valence-electron chi connectivity index (χ1n) is 6.58. The molecule has 0 aliphatic rings. The van der Waals surface area contributed by atoms with Gasteiger partial charge in [-0.25, -0.2) is 13.1 Å². The Morgan fingerprint density at radius 3 is 2.43 bits per heavy atom. The average molecular weight is 317 g/mol. The number of nitrogens with two attached hydrogens (primary N) is 1. The maximum Gasteiger partial charge on any atom is 0.265 e. The van der Waals surface area contributed by atoms with E-state index in [1.165, 1.54) is 16.8 Å². The second-order valence-corrected chi connectivity index (χ2v) is 7.80. The first kappa shape index (κ1) is 17.7. The Morgan fingerprint density at radius 2 is 2.05 bits per heavy atom. The zero-order valence-electron chi connectivity index (χ0n) is 12.8. The summed E-state index contributed by atoms with van der Waals surface area (Å²) < 4.78 is 28.7. The van der Waals surface area contributed by atoms with E-state index >= 15 is 0 Å². The van der Waals surface area contributed by atoms with Gasteiger partial charge in [-0.05, 0) is 17.9 Å². The van der Waals surface area contributed by atoms with Gasteiger partial charge in [-0.15, -0.1) is 0 Å². The van der Waals surface area contributed by atoms with E-state index in [2.05, 4.69) is 4.72 Å². The summed E-state index contributed by atoms with van der Waals surface area (Å²) in [5.74, 6) is -0.693. The first-order chi connectivity index (χ1) is 9.49. The van der Waals surface area contributed by atoms with E-state index in [0.29, 0.717) is 6.42 Å². The number of nitrogens with zero attached hydrogens (tertiary/aromatic N) is 1. The lowest BCUT2D eigenvalue weighted by Crippen LogP contribution is -2.44. The van der Waals surface area contributed by atoms with Gasteiger partial charge in [0.25, 0.3) is 5.91 Å². The van der Waals surface area contributed by atoms with Gasteiger partial charge in [-0.2, -0.15) is 0 Å². The van der Waals surface area contributed by atoms with Gasteiger partial charge in [0.2, 0.25) is 10.0 Å². The molecule has 0 saturated heterocycles. The van der Waals surface area contributed by atoms with Gasteiger partial charge in [0.15, 0.2) is 0 Å². The minimum Gasteiger partial charge on any atom is -0.396 e. The molecule has 4 N–H and O–H groups in total. The molecular weight excluding hydrogens is 294 g/mol. The minimum atomic E-state index is -3.79. The van der Waals surface area contributed by atoms with Crippen LogP contribution in [-0.2, 0) is 17.1 Å². The molecule has 8 heteroatoms. The van der Waals surface area contributed by atoms with Crippen molar-refractivity contribution in [3.8, 4) is 0 Å². The number of aliphatic hydroxyl groups excluding tert-OH is 1. The maximum atomic E-state index is 12.4. The van der Waals surface area contributed by atoms with Crippen LogP contribution in [0.4, 0.5) is 0 Å². The number of carbonyl (C=O) groups is 1. The van der Waals surface area contributed by atoms with Gasteiger partial charge in [-0.1, -0.05) is 20.8 Å². The normalized spacial score (nSPS) is 14.1. The van der Waals surface area contributed by atoms with E-state index in [-0.39, 0.29) is 22.6 Å². The van der Waals surface area contributed by atoms with Crippen LogP contribution in [0.25, 0.3) is 0 Å². The van der Waals surface area contributed by atoms with Gasteiger partial charge in [-0.3, -0.25) is 4.79 Å². The zero-order chi connectivity index (χ0) is 16.4. The molecule has 0 spiro atoms. The van der Waals surface area contributed by atoms with Gasteiger partial charge < -0.3 is 15.4 Å². The van der Waals surface area contributed by atoms with Crippen molar-refractivity contribution >= 4 is 15.9 Å². The number of rotatable bonds is 6. The first-order valence-corrected chi connectivity index (χ1v) is 8.06. The topological polar surface area (TPSA) is 114 Å². The van der Waals surface area contributed by atoms with Gasteiger partial charge in [0.1, 0.15) is 10.6 Å². The summed E-state index contributed by atoms with van der Waals surface area (Å²) in [6.07, 6.45) is 1.64. The van der Waals surface area contributed by atoms with Crippen molar-refractivity contribution in [2.45, 2.75) is 38.1 Å². The summed E-state index contributed by atoms with van der Waals surface area (Å²) in [6.45, 7) is 5.53. The summed E-state index contributed by atoms with van der Waals surface area (Å²) in [5.41, 5.74) is 4.95. The van der Waals surface area contributed by atoms with Crippen molar-refractivity contribution < 1.29 is 18.3 Å². The van der Waals surface area contributed by atoms with Crippen LogP contribution < -0.4 is 10.5 Å². The Morgan fingerprint density at radius 1 is 1.48 bits per heavy atom. The van der Waals surface area contributed by atoms with Crippen LogP contribution >= 0.6 is 0 Å². The molecule has 21 heavy (non-hydrogen) atoms. The molecule has 1 heterocycles. The highest BCUT2D eigenvalue weighted by Crippen LogP contribution is 2.24. The molecule has 1 rings (SSSR count). The second kappa shape index (κ2) is 6.17. The average Bonchev–Trinajstić information content (AvgIpc) is 2.70. The monoisotopic (exact) mass is 317 g/mol. The summed E-state index contributed by atoms with van der Waals surface area (Å²) in [7, 11) is -2.24. The van der Waals surface area contributed by atoms with Crippen molar-refractivity contribution in [2.75, 3.05) is 6.61 Å². The fraction of sp³-hybridized carbons (Fsp3) is 0.615. The Hall–Kier alpha value is -1.38. The molecule has 0 aliphatic carbocycles.